The van der Waals surface area contributed by atoms with Gasteiger partial charge < -0.3 is 0 Å². The van der Waals surface area contributed by atoms with Crippen LogP contribution in [-0.2, 0) is 52.7 Å². The van der Waals surface area contributed by atoms with Crippen LogP contribution in [0.2, 0.25) is 0 Å². The summed E-state index contributed by atoms with van der Waals surface area (Å²) in [6.07, 6.45) is -1.85. The van der Waals surface area contributed by atoms with Crippen molar-refractivity contribution in [2.24, 2.45) is 5.92 Å². The van der Waals surface area contributed by atoms with Crippen molar-refractivity contribution in [2.75, 3.05) is 19.8 Å². The third-order valence-electron chi connectivity index (χ3n) is 2.42. The number of hydrogen-bond donors (Lipinski definition) is 1. The maximum atomic E-state index is 11.5. The Morgan fingerprint density at radius 1 is 1.26 bits per heavy atom. The van der Waals surface area contributed by atoms with Gasteiger partial charge in [0.2, 0.25) is 0 Å². The zero-order valence-corrected chi connectivity index (χ0v) is 14.8. The van der Waals surface area contributed by atoms with Gasteiger partial charge in [-0.1, -0.05) is 13.8 Å². The van der Waals surface area contributed by atoms with Crippen molar-refractivity contribution in [2.45, 2.75) is 32.5 Å². The average molecular weight is 398 g/mol. The summed E-state index contributed by atoms with van der Waals surface area (Å²) < 4.78 is 88.0. The molecule has 2 atom stereocenters. The molecule has 0 bridgehead atoms. The molecule has 0 spiro atoms. The van der Waals surface area contributed by atoms with E-state index in [-0.39, 0.29) is 18.9 Å². The van der Waals surface area contributed by atoms with Crippen LogP contribution < -0.4 is 0 Å². The van der Waals surface area contributed by atoms with E-state index in [4.69, 9.17) is 0 Å². The second-order valence-corrected chi connectivity index (χ2v) is 8.16. The summed E-state index contributed by atoms with van der Waals surface area (Å²) in [6, 6.07) is 0. The molecule has 1 aliphatic rings. The van der Waals surface area contributed by atoms with Crippen LogP contribution in [-0.4, -0.2) is 57.3 Å². The smallest absolute Gasteiger partial charge is 0.266 e. The molecule has 1 aliphatic heterocycles. The molecule has 2 unspecified atom stereocenters. The van der Waals surface area contributed by atoms with Gasteiger partial charge in [0, 0.05) is 0 Å². The quantitative estimate of drug-likeness (QED) is 0.446. The van der Waals surface area contributed by atoms with Crippen molar-refractivity contribution < 1.29 is 46.2 Å². The summed E-state index contributed by atoms with van der Waals surface area (Å²) in [6.45, 7) is 2.00. The summed E-state index contributed by atoms with van der Waals surface area (Å²) in [5.41, 5.74) is 0. The second kappa shape index (κ2) is 8.66. The van der Waals surface area contributed by atoms with E-state index in [0.717, 1.165) is 0 Å². The lowest BCUT2D eigenvalue weighted by molar-refractivity contribution is 0.0939. The minimum Gasteiger partial charge on any atom is -0.266 e. The zero-order valence-electron chi connectivity index (χ0n) is 12.3. The van der Waals surface area contributed by atoms with Crippen molar-refractivity contribution in [3.05, 3.63) is 0 Å². The van der Waals surface area contributed by atoms with Crippen LogP contribution in [0.1, 0.15) is 20.3 Å². The van der Waals surface area contributed by atoms with E-state index < -0.39 is 57.2 Å². The molecule has 0 N–H and O–H groups in total. The molecule has 1 heterocycles. The molecule has 1 saturated heterocycles. The third kappa shape index (κ3) is 8.90. The Balaban J connectivity index is 2.46. The SMILES string of the molecule is CC(C)CC(COS(=O)(=O)OCC1COS(=O)(=O)O1)O[SH](=O)=O. The topological polar surface area (TPSA) is 149 Å². The molecular weight excluding hydrogens is 380 g/mol. The van der Waals surface area contributed by atoms with Crippen LogP contribution in [0, 0.1) is 5.92 Å². The number of thiol groups is 1. The van der Waals surface area contributed by atoms with Crippen molar-refractivity contribution in [3.63, 3.8) is 0 Å². The summed E-state index contributed by atoms with van der Waals surface area (Å²) >= 11 is 0. The molecule has 0 aromatic rings. The Labute approximate surface area is 136 Å². The lowest BCUT2D eigenvalue weighted by atomic mass is 10.1. The van der Waals surface area contributed by atoms with Gasteiger partial charge in [-0.25, -0.2) is 25.2 Å². The van der Waals surface area contributed by atoms with Crippen molar-refractivity contribution in [1.29, 1.82) is 0 Å². The highest BCUT2D eigenvalue weighted by molar-refractivity contribution is 7.82. The highest BCUT2D eigenvalue weighted by Crippen LogP contribution is 2.15. The fourth-order valence-corrected chi connectivity index (χ4v) is 3.51. The summed E-state index contributed by atoms with van der Waals surface area (Å²) in [5.74, 6) is 0.0383. The van der Waals surface area contributed by atoms with Crippen molar-refractivity contribution in [3.8, 4) is 0 Å². The van der Waals surface area contributed by atoms with E-state index in [1.807, 2.05) is 0 Å². The molecule has 0 aromatic carbocycles. The summed E-state index contributed by atoms with van der Waals surface area (Å²) in [5, 5.41) is 0. The third-order valence-corrected chi connectivity index (χ3v) is 4.67. The van der Waals surface area contributed by atoms with E-state index in [2.05, 4.69) is 20.9 Å². The standard InChI is InChI=1S/C9H18O11S3/c1-7(2)3-8(19-21(10)11)4-16-22(12,13)17-5-9-6-18-23(14,15)20-9/h7-9,21H,3-6H2,1-2H3. The molecule has 0 amide bonds. The van der Waals surface area contributed by atoms with E-state index >= 15 is 0 Å². The molecule has 0 aliphatic carbocycles. The molecule has 1 rings (SSSR count). The van der Waals surface area contributed by atoms with Crippen molar-refractivity contribution in [1.82, 2.24) is 0 Å². The van der Waals surface area contributed by atoms with Gasteiger partial charge in [0.25, 0.3) is 11.0 Å². The number of rotatable bonds is 10. The fraction of sp³-hybridized carbons (Fsp3) is 1.00. The van der Waals surface area contributed by atoms with Crippen LogP contribution in [0.5, 0.6) is 0 Å². The number of hydrogen-bond acceptors (Lipinski definition) is 11. The molecule has 1 fully saturated rings. The van der Waals surface area contributed by atoms with Crippen molar-refractivity contribution >= 4 is 31.8 Å². The fourth-order valence-electron chi connectivity index (χ4n) is 1.60. The molecule has 23 heavy (non-hydrogen) atoms. The minimum absolute atomic E-state index is 0.0383. The Hall–Kier alpha value is -0.350. The van der Waals surface area contributed by atoms with E-state index in [1.54, 1.807) is 13.8 Å². The van der Waals surface area contributed by atoms with Crippen LogP contribution >= 0.6 is 0 Å². The molecule has 0 radical (unpaired) electrons. The summed E-state index contributed by atoms with van der Waals surface area (Å²) in [4.78, 5) is 0. The lowest BCUT2D eigenvalue weighted by Gasteiger charge is -2.16. The van der Waals surface area contributed by atoms with Gasteiger partial charge in [0.05, 0.1) is 19.8 Å². The monoisotopic (exact) mass is 398 g/mol. The molecule has 138 valence electrons. The molecule has 0 aromatic heterocycles. The largest absolute Gasteiger partial charge is 0.400 e. The molecule has 11 nitrogen and oxygen atoms in total. The summed E-state index contributed by atoms with van der Waals surface area (Å²) in [7, 11) is -11.8. The molecule has 14 heteroatoms. The van der Waals surface area contributed by atoms with E-state index in [9.17, 15) is 25.3 Å². The van der Waals surface area contributed by atoms with E-state index in [1.165, 1.54) is 0 Å². The predicted octanol–water partition coefficient (Wildman–Crippen LogP) is -1.12. The molecular formula is C9H18O11S3. The Morgan fingerprint density at radius 2 is 1.91 bits per heavy atom. The molecule has 0 saturated carbocycles. The second-order valence-electron chi connectivity index (χ2n) is 4.97. The van der Waals surface area contributed by atoms with Gasteiger partial charge in [-0.2, -0.15) is 16.8 Å². The first-order valence-electron chi connectivity index (χ1n) is 6.41. The van der Waals surface area contributed by atoms with Gasteiger partial charge in [-0.05, 0) is 12.3 Å². The first kappa shape index (κ1) is 20.7. The van der Waals surface area contributed by atoms with Crippen LogP contribution in [0.3, 0.4) is 0 Å². The predicted molar refractivity (Wildman–Crippen MR) is 75.2 cm³/mol. The highest BCUT2D eigenvalue weighted by atomic mass is 32.3. The lowest BCUT2D eigenvalue weighted by Crippen LogP contribution is -2.27. The van der Waals surface area contributed by atoms with Gasteiger partial charge in [0.15, 0.2) is 0 Å². The Morgan fingerprint density at radius 3 is 2.39 bits per heavy atom. The van der Waals surface area contributed by atoms with Gasteiger partial charge in [0.1, 0.15) is 12.2 Å². The first-order chi connectivity index (χ1) is 10.5. The maximum absolute atomic E-state index is 11.5. The average Bonchev–Trinajstić information content (AvgIpc) is 2.72. The van der Waals surface area contributed by atoms with Crippen LogP contribution in [0.4, 0.5) is 0 Å². The van der Waals surface area contributed by atoms with Crippen LogP contribution in [0.15, 0.2) is 0 Å². The van der Waals surface area contributed by atoms with Gasteiger partial charge >= 0.3 is 20.8 Å². The maximum Gasteiger partial charge on any atom is 0.400 e. The normalized spacial score (nSPS) is 22.7. The van der Waals surface area contributed by atoms with Gasteiger partial charge in [-0.3, -0.25) is 4.18 Å². The Bertz CT molecular complexity index is 640. The zero-order chi connectivity index (χ0) is 17.7. The Kier molecular flexibility index (Phi) is 7.79. The minimum atomic E-state index is -4.48. The first-order valence-corrected chi connectivity index (χ1v) is 10.2. The van der Waals surface area contributed by atoms with Crippen LogP contribution in [0.25, 0.3) is 0 Å². The highest BCUT2D eigenvalue weighted by Gasteiger charge is 2.32. The van der Waals surface area contributed by atoms with Gasteiger partial charge in [-0.15, -0.1) is 0 Å². The van der Waals surface area contributed by atoms with E-state index in [0.29, 0.717) is 0 Å².